The Kier molecular flexibility index (Phi) is 4.20. The topological polar surface area (TPSA) is 56.9 Å². The Balaban J connectivity index is 2.24. The number of hydrogen-bond acceptors (Lipinski definition) is 4. The van der Waals surface area contributed by atoms with Crippen molar-refractivity contribution in [3.05, 3.63) is 20.6 Å². The van der Waals surface area contributed by atoms with Gasteiger partial charge in [-0.15, -0.1) is 0 Å². The summed E-state index contributed by atoms with van der Waals surface area (Å²) in [7, 11) is 0. The summed E-state index contributed by atoms with van der Waals surface area (Å²) in [6.07, 6.45) is 0. The van der Waals surface area contributed by atoms with E-state index in [1.54, 1.807) is 0 Å². The van der Waals surface area contributed by atoms with E-state index in [4.69, 9.17) is 4.98 Å². The Morgan fingerprint density at radius 3 is 2.71 bits per heavy atom. The standard InChI is InChI=1S/C14H15Br2N5/c1-2-21-11-7-10(15)12(16)9(8-17)13(11)19-14(21)20-5-3-18-4-6-20/h7,18H,2-6H2,1H3. The molecule has 1 aromatic carbocycles. The van der Waals surface area contributed by atoms with Crippen LogP contribution in [-0.4, -0.2) is 35.7 Å². The highest BCUT2D eigenvalue weighted by molar-refractivity contribution is 9.13. The van der Waals surface area contributed by atoms with E-state index in [0.29, 0.717) is 5.56 Å². The monoisotopic (exact) mass is 411 g/mol. The number of imidazole rings is 1. The summed E-state index contributed by atoms with van der Waals surface area (Å²) in [5.41, 5.74) is 2.35. The van der Waals surface area contributed by atoms with E-state index in [-0.39, 0.29) is 0 Å². The van der Waals surface area contributed by atoms with E-state index in [1.165, 1.54) is 0 Å². The summed E-state index contributed by atoms with van der Waals surface area (Å²) in [6, 6.07) is 4.29. The molecular formula is C14H15Br2N5. The molecule has 0 bridgehead atoms. The molecule has 2 heterocycles. The number of aromatic nitrogens is 2. The van der Waals surface area contributed by atoms with Crippen LogP contribution in [0.25, 0.3) is 11.0 Å². The highest BCUT2D eigenvalue weighted by atomic mass is 79.9. The fourth-order valence-electron chi connectivity index (χ4n) is 2.71. The molecule has 5 nitrogen and oxygen atoms in total. The molecule has 1 aliphatic heterocycles. The van der Waals surface area contributed by atoms with Gasteiger partial charge < -0.3 is 14.8 Å². The second-order valence-electron chi connectivity index (χ2n) is 4.92. The molecular weight excluding hydrogens is 398 g/mol. The Bertz CT molecular complexity index is 725. The van der Waals surface area contributed by atoms with Gasteiger partial charge in [0, 0.05) is 37.2 Å². The zero-order valence-corrected chi connectivity index (χ0v) is 14.8. The average molecular weight is 413 g/mol. The molecule has 3 rings (SSSR count). The van der Waals surface area contributed by atoms with Crippen molar-refractivity contribution in [2.24, 2.45) is 0 Å². The SMILES string of the molecule is CCn1c(N2CCNCC2)nc2c(C#N)c(Br)c(Br)cc21. The first kappa shape index (κ1) is 14.8. The number of rotatable bonds is 2. The predicted octanol–water partition coefficient (Wildman–Crippen LogP) is 2.86. The second-order valence-corrected chi connectivity index (χ2v) is 6.57. The smallest absolute Gasteiger partial charge is 0.206 e. The minimum absolute atomic E-state index is 0.586. The predicted molar refractivity (Wildman–Crippen MR) is 90.6 cm³/mol. The van der Waals surface area contributed by atoms with Crippen molar-refractivity contribution < 1.29 is 0 Å². The molecule has 0 saturated carbocycles. The van der Waals surface area contributed by atoms with Crippen LogP contribution in [0.1, 0.15) is 12.5 Å². The summed E-state index contributed by atoms with van der Waals surface area (Å²) in [5.74, 6) is 0.954. The van der Waals surface area contributed by atoms with Crippen molar-refractivity contribution in [2.75, 3.05) is 31.1 Å². The number of benzene rings is 1. The zero-order chi connectivity index (χ0) is 15.0. The third kappa shape index (κ3) is 2.45. The number of fused-ring (bicyclic) bond motifs is 1. The number of aryl methyl sites for hydroxylation is 1. The summed E-state index contributed by atoms with van der Waals surface area (Å²) >= 11 is 6.98. The molecule has 1 fully saturated rings. The van der Waals surface area contributed by atoms with Crippen molar-refractivity contribution >= 4 is 48.8 Å². The first-order valence-electron chi connectivity index (χ1n) is 6.91. The van der Waals surface area contributed by atoms with Crippen LogP contribution in [0, 0.1) is 11.3 Å². The zero-order valence-electron chi connectivity index (χ0n) is 11.7. The minimum atomic E-state index is 0.586. The summed E-state index contributed by atoms with van der Waals surface area (Å²) in [4.78, 5) is 7.05. The van der Waals surface area contributed by atoms with Crippen molar-refractivity contribution in [2.45, 2.75) is 13.5 Å². The molecule has 1 aromatic heterocycles. The van der Waals surface area contributed by atoms with Gasteiger partial charge in [-0.3, -0.25) is 0 Å². The van der Waals surface area contributed by atoms with Crippen LogP contribution < -0.4 is 10.2 Å². The van der Waals surface area contributed by atoms with Gasteiger partial charge in [0.2, 0.25) is 5.95 Å². The maximum atomic E-state index is 9.45. The number of halogens is 2. The van der Waals surface area contributed by atoms with Gasteiger partial charge in [0.1, 0.15) is 11.6 Å². The first-order valence-corrected chi connectivity index (χ1v) is 8.50. The summed E-state index contributed by atoms with van der Waals surface area (Å²) in [5, 5.41) is 12.8. The van der Waals surface area contributed by atoms with Crippen LogP contribution in [0.4, 0.5) is 5.95 Å². The molecule has 0 aliphatic carbocycles. The van der Waals surface area contributed by atoms with Gasteiger partial charge in [0.05, 0.1) is 15.6 Å². The largest absolute Gasteiger partial charge is 0.340 e. The average Bonchev–Trinajstić information content (AvgIpc) is 2.87. The van der Waals surface area contributed by atoms with Crippen LogP contribution in [0.15, 0.2) is 15.0 Å². The molecule has 0 unspecified atom stereocenters. The van der Waals surface area contributed by atoms with Crippen LogP contribution in [0.2, 0.25) is 0 Å². The fraction of sp³-hybridized carbons (Fsp3) is 0.429. The number of piperazine rings is 1. The molecule has 1 aliphatic rings. The lowest BCUT2D eigenvalue weighted by Gasteiger charge is -2.28. The normalized spacial score (nSPS) is 15.4. The van der Waals surface area contributed by atoms with Gasteiger partial charge in [0.15, 0.2) is 0 Å². The fourth-order valence-corrected chi connectivity index (χ4v) is 3.52. The highest BCUT2D eigenvalue weighted by Gasteiger charge is 2.21. The molecule has 21 heavy (non-hydrogen) atoms. The van der Waals surface area contributed by atoms with Gasteiger partial charge in [-0.2, -0.15) is 5.26 Å². The maximum Gasteiger partial charge on any atom is 0.206 e. The molecule has 2 aromatic rings. The number of anilines is 1. The maximum absolute atomic E-state index is 9.45. The van der Waals surface area contributed by atoms with E-state index in [9.17, 15) is 5.26 Å². The summed E-state index contributed by atoms with van der Waals surface area (Å²) < 4.78 is 3.83. The molecule has 7 heteroatoms. The van der Waals surface area contributed by atoms with Gasteiger partial charge in [-0.1, -0.05) is 0 Å². The van der Waals surface area contributed by atoms with Crippen LogP contribution >= 0.6 is 31.9 Å². The molecule has 0 amide bonds. The highest BCUT2D eigenvalue weighted by Crippen LogP contribution is 2.35. The number of nitriles is 1. The number of hydrogen-bond donors (Lipinski definition) is 1. The third-order valence-corrected chi connectivity index (χ3v) is 5.73. The van der Waals surface area contributed by atoms with E-state index in [1.807, 2.05) is 6.07 Å². The molecule has 1 saturated heterocycles. The van der Waals surface area contributed by atoms with Crippen LogP contribution in [0.3, 0.4) is 0 Å². The Hall–Kier alpha value is -1.10. The third-order valence-electron chi connectivity index (χ3n) is 3.74. The number of nitrogens with zero attached hydrogens (tertiary/aromatic N) is 4. The second kappa shape index (κ2) is 5.95. The van der Waals surface area contributed by atoms with E-state index >= 15 is 0 Å². The Morgan fingerprint density at radius 1 is 1.38 bits per heavy atom. The Morgan fingerprint density at radius 2 is 2.10 bits per heavy atom. The van der Waals surface area contributed by atoms with E-state index in [2.05, 4.69) is 59.6 Å². The first-order chi connectivity index (χ1) is 10.2. The van der Waals surface area contributed by atoms with Gasteiger partial charge in [-0.25, -0.2) is 4.98 Å². The molecule has 0 spiro atoms. The lowest BCUT2D eigenvalue weighted by Crippen LogP contribution is -2.44. The summed E-state index contributed by atoms with van der Waals surface area (Å²) in [6.45, 7) is 6.74. The minimum Gasteiger partial charge on any atom is -0.340 e. The van der Waals surface area contributed by atoms with Gasteiger partial charge >= 0.3 is 0 Å². The van der Waals surface area contributed by atoms with Gasteiger partial charge in [-0.05, 0) is 44.8 Å². The van der Waals surface area contributed by atoms with E-state index in [0.717, 1.165) is 58.7 Å². The van der Waals surface area contributed by atoms with Crippen molar-refractivity contribution in [1.29, 1.82) is 5.26 Å². The molecule has 110 valence electrons. The number of nitrogens with one attached hydrogen (secondary N) is 1. The Labute approximate surface area is 140 Å². The molecule has 0 radical (unpaired) electrons. The van der Waals surface area contributed by atoms with Crippen LogP contribution in [0.5, 0.6) is 0 Å². The van der Waals surface area contributed by atoms with Crippen molar-refractivity contribution in [1.82, 2.24) is 14.9 Å². The van der Waals surface area contributed by atoms with Crippen LogP contribution in [-0.2, 0) is 6.54 Å². The lowest BCUT2D eigenvalue weighted by molar-refractivity contribution is 0.570. The lowest BCUT2D eigenvalue weighted by atomic mass is 10.2. The van der Waals surface area contributed by atoms with Gasteiger partial charge in [0.25, 0.3) is 0 Å². The molecule has 0 atom stereocenters. The molecule has 1 N–H and O–H groups in total. The van der Waals surface area contributed by atoms with E-state index < -0.39 is 0 Å². The quantitative estimate of drug-likeness (QED) is 0.823. The van der Waals surface area contributed by atoms with Crippen molar-refractivity contribution in [3.8, 4) is 6.07 Å². The van der Waals surface area contributed by atoms with Crippen molar-refractivity contribution in [3.63, 3.8) is 0 Å².